The molecule has 9 nitrogen and oxygen atoms in total. The van der Waals surface area contributed by atoms with Gasteiger partial charge in [0.1, 0.15) is 4.88 Å². The third-order valence-corrected chi connectivity index (χ3v) is 5.69. The minimum absolute atomic E-state index is 0.168. The van der Waals surface area contributed by atoms with Gasteiger partial charge in [-0.2, -0.15) is 0 Å². The molecule has 1 aliphatic rings. The number of anilines is 1. The second kappa shape index (κ2) is 8.24. The first-order valence-corrected chi connectivity index (χ1v) is 9.67. The smallest absolute Gasteiger partial charge is 0.347 e. The number of thiazole rings is 1. The Labute approximate surface area is 164 Å². The van der Waals surface area contributed by atoms with Crippen molar-refractivity contribution in [3.05, 3.63) is 27.7 Å². The van der Waals surface area contributed by atoms with E-state index in [0.717, 1.165) is 11.3 Å². The van der Waals surface area contributed by atoms with Gasteiger partial charge in [-0.05, 0) is 20.3 Å². The van der Waals surface area contributed by atoms with E-state index in [-0.39, 0.29) is 33.9 Å². The molecule has 0 spiro atoms. The van der Waals surface area contributed by atoms with E-state index in [9.17, 15) is 9.59 Å². The number of carbonyl (C=O) groups excluding carboxylic acids is 1. The Morgan fingerprint density at radius 1 is 1.56 bits per heavy atom. The Balaban J connectivity index is 1.68. The van der Waals surface area contributed by atoms with Gasteiger partial charge in [-0.25, -0.2) is 14.8 Å². The first-order chi connectivity index (χ1) is 12.9. The molecule has 3 heterocycles. The van der Waals surface area contributed by atoms with Crippen molar-refractivity contribution in [1.29, 1.82) is 0 Å². The lowest BCUT2D eigenvalue weighted by Gasteiger charge is -2.38. The minimum atomic E-state index is -0.991. The Kier molecular flexibility index (Phi) is 5.98. The van der Waals surface area contributed by atoms with Gasteiger partial charge in [-0.15, -0.1) is 0 Å². The number of nitrogens with zero attached hydrogens (tertiary/aromatic N) is 3. The van der Waals surface area contributed by atoms with Gasteiger partial charge >= 0.3 is 5.97 Å². The first-order valence-electron chi connectivity index (χ1n) is 8.47. The lowest BCUT2D eigenvalue weighted by Crippen LogP contribution is -2.55. The SMILES string of the molecule is CCOC1CN(c2ncc(C(=O)O)s2)CCC1NC(=O)c1nc(Cl)c(C)[nH]1. The number of aromatic carboxylic acids is 1. The van der Waals surface area contributed by atoms with Crippen LogP contribution in [0.2, 0.25) is 5.15 Å². The molecular weight excluding hydrogens is 394 g/mol. The van der Waals surface area contributed by atoms with Crippen LogP contribution >= 0.6 is 22.9 Å². The number of carboxylic acid groups (broad SMARTS) is 1. The number of halogens is 1. The van der Waals surface area contributed by atoms with Crippen molar-refractivity contribution < 1.29 is 19.4 Å². The third-order valence-electron chi connectivity index (χ3n) is 4.27. The Morgan fingerprint density at radius 2 is 2.33 bits per heavy atom. The summed E-state index contributed by atoms with van der Waals surface area (Å²) in [4.78, 5) is 36.7. The monoisotopic (exact) mass is 413 g/mol. The molecule has 2 atom stereocenters. The van der Waals surface area contributed by atoms with Crippen molar-refractivity contribution in [3.63, 3.8) is 0 Å². The molecule has 146 valence electrons. The zero-order valence-electron chi connectivity index (χ0n) is 14.9. The average Bonchev–Trinajstić information content (AvgIpc) is 3.24. The van der Waals surface area contributed by atoms with Gasteiger partial charge in [-0.1, -0.05) is 22.9 Å². The molecule has 0 saturated carbocycles. The largest absolute Gasteiger partial charge is 0.477 e. The molecule has 0 aromatic carbocycles. The molecule has 2 unspecified atom stereocenters. The van der Waals surface area contributed by atoms with E-state index in [2.05, 4.69) is 20.3 Å². The summed E-state index contributed by atoms with van der Waals surface area (Å²) in [5.41, 5.74) is 0.635. The van der Waals surface area contributed by atoms with Gasteiger partial charge < -0.3 is 25.0 Å². The predicted molar refractivity (Wildman–Crippen MR) is 101 cm³/mol. The van der Waals surface area contributed by atoms with Crippen molar-refractivity contribution in [2.24, 2.45) is 0 Å². The highest BCUT2D eigenvalue weighted by Crippen LogP contribution is 2.27. The molecule has 0 aliphatic carbocycles. The van der Waals surface area contributed by atoms with Crippen molar-refractivity contribution in [3.8, 4) is 0 Å². The number of imidazole rings is 1. The molecule has 1 aliphatic heterocycles. The fourth-order valence-electron chi connectivity index (χ4n) is 2.93. The van der Waals surface area contributed by atoms with Crippen LogP contribution in [0.25, 0.3) is 0 Å². The summed E-state index contributed by atoms with van der Waals surface area (Å²) < 4.78 is 5.81. The molecule has 1 fully saturated rings. The fourth-order valence-corrected chi connectivity index (χ4v) is 3.85. The van der Waals surface area contributed by atoms with Crippen LogP contribution in [0.15, 0.2) is 6.20 Å². The molecule has 3 N–H and O–H groups in total. The van der Waals surface area contributed by atoms with Crippen LogP contribution < -0.4 is 10.2 Å². The van der Waals surface area contributed by atoms with E-state index in [1.54, 1.807) is 6.92 Å². The van der Waals surface area contributed by atoms with Gasteiger partial charge in [-0.3, -0.25) is 4.79 Å². The fraction of sp³-hybridized carbons (Fsp3) is 0.500. The zero-order valence-corrected chi connectivity index (χ0v) is 16.4. The van der Waals surface area contributed by atoms with Crippen LogP contribution in [0.1, 0.15) is 39.3 Å². The van der Waals surface area contributed by atoms with Gasteiger partial charge in [0.05, 0.1) is 24.0 Å². The van der Waals surface area contributed by atoms with E-state index in [4.69, 9.17) is 21.4 Å². The third kappa shape index (κ3) is 4.40. The standard InChI is InChI=1S/C16H20ClN5O4S/c1-3-26-10-7-22(16-18-6-11(27-16)15(24)25)5-4-9(10)20-14(23)13-19-8(2)12(17)21-13/h6,9-10H,3-5,7H2,1-2H3,(H,19,21)(H,20,23)(H,24,25). The van der Waals surface area contributed by atoms with Crippen LogP contribution in [-0.2, 0) is 4.74 Å². The lowest BCUT2D eigenvalue weighted by molar-refractivity contribution is 0.0271. The maximum absolute atomic E-state index is 12.4. The van der Waals surface area contributed by atoms with Crippen molar-refractivity contribution in [1.82, 2.24) is 20.3 Å². The van der Waals surface area contributed by atoms with E-state index in [0.29, 0.717) is 36.9 Å². The summed E-state index contributed by atoms with van der Waals surface area (Å²) >= 11 is 7.03. The molecule has 2 aromatic rings. The molecule has 1 saturated heterocycles. The molecule has 1 amide bonds. The van der Waals surface area contributed by atoms with E-state index in [1.165, 1.54) is 6.20 Å². The Morgan fingerprint density at radius 3 is 2.93 bits per heavy atom. The van der Waals surface area contributed by atoms with Gasteiger partial charge in [0, 0.05) is 19.7 Å². The van der Waals surface area contributed by atoms with Crippen LogP contribution in [0.4, 0.5) is 5.13 Å². The van der Waals surface area contributed by atoms with Gasteiger partial charge in [0.2, 0.25) is 0 Å². The first kappa shape index (κ1) is 19.6. The highest BCUT2D eigenvalue weighted by atomic mass is 35.5. The molecule has 2 aromatic heterocycles. The number of piperidine rings is 1. The second-order valence-corrected chi connectivity index (χ2v) is 7.49. The highest BCUT2D eigenvalue weighted by molar-refractivity contribution is 7.17. The number of nitrogens with one attached hydrogen (secondary N) is 2. The quantitative estimate of drug-likeness (QED) is 0.661. The van der Waals surface area contributed by atoms with Crippen LogP contribution in [-0.4, -0.2) is 63.8 Å². The summed E-state index contributed by atoms with van der Waals surface area (Å²) in [5, 5.41) is 12.9. The minimum Gasteiger partial charge on any atom is -0.477 e. The summed E-state index contributed by atoms with van der Waals surface area (Å²) in [6.07, 6.45) is 1.73. The van der Waals surface area contributed by atoms with Crippen molar-refractivity contribution >= 4 is 39.9 Å². The van der Waals surface area contributed by atoms with E-state index < -0.39 is 5.97 Å². The van der Waals surface area contributed by atoms with Crippen molar-refractivity contribution in [2.45, 2.75) is 32.4 Å². The number of carbonyl (C=O) groups is 2. The van der Waals surface area contributed by atoms with Crippen LogP contribution in [0.3, 0.4) is 0 Å². The zero-order chi connectivity index (χ0) is 19.6. The average molecular weight is 414 g/mol. The number of hydrogen-bond acceptors (Lipinski definition) is 7. The maximum atomic E-state index is 12.4. The summed E-state index contributed by atoms with van der Waals surface area (Å²) in [7, 11) is 0. The molecule has 0 bridgehead atoms. The number of ether oxygens (including phenoxy) is 1. The number of aryl methyl sites for hydroxylation is 1. The second-order valence-electron chi connectivity index (χ2n) is 6.12. The van der Waals surface area contributed by atoms with E-state index in [1.807, 2.05) is 11.8 Å². The molecule has 3 rings (SSSR count). The van der Waals surface area contributed by atoms with E-state index >= 15 is 0 Å². The number of H-pyrrole nitrogens is 1. The maximum Gasteiger partial charge on any atom is 0.347 e. The summed E-state index contributed by atoms with van der Waals surface area (Å²) in [6, 6.07) is -0.197. The number of aromatic nitrogens is 3. The number of carboxylic acids is 1. The summed E-state index contributed by atoms with van der Waals surface area (Å²) in [5.74, 6) is -1.16. The number of rotatable bonds is 6. The molecular formula is C16H20ClN5O4S. The number of hydrogen-bond donors (Lipinski definition) is 3. The number of aromatic amines is 1. The topological polar surface area (TPSA) is 120 Å². The Bertz CT molecular complexity index is 819. The van der Waals surface area contributed by atoms with Crippen molar-refractivity contribution in [2.75, 3.05) is 24.6 Å². The predicted octanol–water partition coefficient (Wildman–Crippen LogP) is 1.94. The normalized spacial score (nSPS) is 19.9. The van der Waals surface area contributed by atoms with Crippen LogP contribution in [0.5, 0.6) is 0 Å². The van der Waals surface area contributed by atoms with Crippen LogP contribution in [0, 0.1) is 6.92 Å². The summed E-state index contributed by atoms with van der Waals surface area (Å²) in [6.45, 7) is 5.25. The van der Waals surface area contributed by atoms with Gasteiger partial charge in [0.25, 0.3) is 5.91 Å². The van der Waals surface area contributed by atoms with Gasteiger partial charge in [0.15, 0.2) is 16.1 Å². The molecule has 11 heteroatoms. The molecule has 0 radical (unpaired) electrons. The lowest BCUT2D eigenvalue weighted by atomic mass is 10.0. The highest BCUT2D eigenvalue weighted by Gasteiger charge is 2.33. The Hall–Kier alpha value is -2.17. The number of amides is 1. The molecule has 27 heavy (non-hydrogen) atoms.